The predicted octanol–water partition coefficient (Wildman–Crippen LogP) is 2.44. The first-order valence-corrected chi connectivity index (χ1v) is 9.66. The van der Waals surface area contributed by atoms with E-state index < -0.39 is 5.60 Å². The van der Waals surface area contributed by atoms with Crippen LogP contribution in [0.3, 0.4) is 0 Å². The minimum Gasteiger partial charge on any atom is -0.478 e. The Balaban J connectivity index is 1.65. The monoisotopic (exact) mass is 372 g/mol. The van der Waals surface area contributed by atoms with Gasteiger partial charge in [-0.25, -0.2) is 0 Å². The number of ketones is 1. The molecule has 6 heteroatoms. The zero-order valence-electron chi connectivity index (χ0n) is 16.4. The first-order chi connectivity index (χ1) is 12.8. The largest absolute Gasteiger partial charge is 0.478 e. The molecule has 1 heterocycles. The summed E-state index contributed by atoms with van der Waals surface area (Å²) in [5.41, 5.74) is 0.628. The van der Waals surface area contributed by atoms with E-state index in [9.17, 15) is 14.4 Å². The molecule has 1 aromatic carbocycles. The Morgan fingerprint density at radius 1 is 1.15 bits per heavy atom. The molecule has 3 rings (SSSR count). The van der Waals surface area contributed by atoms with Gasteiger partial charge in [0.25, 0.3) is 5.91 Å². The van der Waals surface area contributed by atoms with Gasteiger partial charge in [-0.05, 0) is 63.3 Å². The topological polar surface area (TPSA) is 66.9 Å². The van der Waals surface area contributed by atoms with Crippen LogP contribution in [0.25, 0.3) is 0 Å². The minimum atomic E-state index is -1.10. The fourth-order valence-corrected chi connectivity index (χ4v) is 3.83. The number of rotatable bonds is 5. The molecular formula is C21H28N2O4. The maximum atomic E-state index is 12.8. The summed E-state index contributed by atoms with van der Waals surface area (Å²) >= 11 is 0. The Labute approximate surface area is 160 Å². The summed E-state index contributed by atoms with van der Waals surface area (Å²) in [4.78, 5) is 40.3. The van der Waals surface area contributed by atoms with E-state index in [1.54, 1.807) is 37.9 Å². The van der Waals surface area contributed by atoms with Crippen molar-refractivity contribution < 1.29 is 19.1 Å². The zero-order valence-corrected chi connectivity index (χ0v) is 16.4. The third kappa shape index (κ3) is 4.31. The van der Waals surface area contributed by atoms with Crippen molar-refractivity contribution in [3.8, 4) is 5.75 Å². The summed E-state index contributed by atoms with van der Waals surface area (Å²) in [5.74, 6) is 0.467. The van der Waals surface area contributed by atoms with Crippen molar-refractivity contribution in [3.63, 3.8) is 0 Å². The van der Waals surface area contributed by atoms with Gasteiger partial charge in [0.05, 0.1) is 6.54 Å². The van der Waals surface area contributed by atoms with Crippen molar-refractivity contribution in [2.75, 3.05) is 26.7 Å². The summed E-state index contributed by atoms with van der Waals surface area (Å²) in [7, 11) is 1.63. The van der Waals surface area contributed by atoms with Crippen LogP contribution in [0.4, 0.5) is 0 Å². The standard InChI is InChI=1S/C21H28N2O4/c1-21(2,20(26)22(3)14-19(25)23-11-4-5-12-23)27-16-9-10-17-15(13-16)7-6-8-18(17)24/h9-10,13H,4-8,11-12,14H2,1-3H3. The summed E-state index contributed by atoms with van der Waals surface area (Å²) in [6.07, 6.45) is 4.33. The molecule has 1 saturated heterocycles. The number of hydrogen-bond donors (Lipinski definition) is 0. The number of carbonyl (C=O) groups excluding carboxylic acids is 3. The molecule has 0 spiro atoms. The van der Waals surface area contributed by atoms with Crippen molar-refractivity contribution in [1.29, 1.82) is 0 Å². The Bertz CT molecular complexity index is 751. The third-order valence-electron chi connectivity index (χ3n) is 5.29. The lowest BCUT2D eigenvalue weighted by atomic mass is 9.90. The van der Waals surface area contributed by atoms with E-state index in [1.165, 1.54) is 4.90 Å². The molecule has 6 nitrogen and oxygen atoms in total. The molecule has 27 heavy (non-hydrogen) atoms. The number of Topliss-reactive ketones (excluding diaryl/α,β-unsaturated/α-hetero) is 1. The number of fused-ring (bicyclic) bond motifs is 1. The minimum absolute atomic E-state index is 0.0218. The van der Waals surface area contributed by atoms with Crippen molar-refractivity contribution in [3.05, 3.63) is 29.3 Å². The van der Waals surface area contributed by atoms with Crippen LogP contribution in [-0.4, -0.2) is 59.7 Å². The van der Waals surface area contributed by atoms with Crippen LogP contribution < -0.4 is 4.74 Å². The molecule has 1 aliphatic heterocycles. The van der Waals surface area contributed by atoms with Gasteiger partial charge in [-0.15, -0.1) is 0 Å². The number of ether oxygens (including phenoxy) is 1. The van der Waals surface area contributed by atoms with E-state index in [4.69, 9.17) is 4.74 Å². The van der Waals surface area contributed by atoms with Crippen LogP contribution in [0, 0.1) is 0 Å². The second-order valence-electron chi connectivity index (χ2n) is 7.96. The van der Waals surface area contributed by atoms with Gasteiger partial charge in [0.2, 0.25) is 5.91 Å². The number of amides is 2. The molecule has 1 aliphatic carbocycles. The third-order valence-corrected chi connectivity index (χ3v) is 5.29. The van der Waals surface area contributed by atoms with Crippen LogP contribution in [-0.2, 0) is 16.0 Å². The fourth-order valence-electron chi connectivity index (χ4n) is 3.83. The van der Waals surface area contributed by atoms with Gasteiger partial charge >= 0.3 is 0 Å². The highest BCUT2D eigenvalue weighted by Crippen LogP contribution is 2.28. The van der Waals surface area contributed by atoms with Crippen LogP contribution >= 0.6 is 0 Å². The maximum Gasteiger partial charge on any atom is 0.266 e. The quantitative estimate of drug-likeness (QED) is 0.796. The molecule has 0 bridgehead atoms. The van der Waals surface area contributed by atoms with E-state index in [1.807, 2.05) is 6.07 Å². The van der Waals surface area contributed by atoms with Gasteiger partial charge in [0.15, 0.2) is 11.4 Å². The Kier molecular flexibility index (Phi) is 5.53. The molecule has 2 amide bonds. The molecule has 1 fully saturated rings. The normalized spacial score (nSPS) is 16.9. The molecule has 0 unspecified atom stereocenters. The molecule has 0 N–H and O–H groups in total. The number of aryl methyl sites for hydroxylation is 1. The average molecular weight is 372 g/mol. The lowest BCUT2D eigenvalue weighted by molar-refractivity contribution is -0.148. The first kappa shape index (κ1) is 19.4. The molecule has 0 radical (unpaired) electrons. The fraction of sp³-hybridized carbons (Fsp3) is 0.571. The molecule has 0 saturated carbocycles. The SMILES string of the molecule is CN(CC(=O)N1CCCC1)C(=O)C(C)(C)Oc1ccc2c(c1)CCCC2=O. The van der Waals surface area contributed by atoms with Crippen LogP contribution in [0.15, 0.2) is 18.2 Å². The first-order valence-electron chi connectivity index (χ1n) is 9.66. The number of carbonyl (C=O) groups is 3. The van der Waals surface area contributed by atoms with Gasteiger partial charge in [-0.3, -0.25) is 14.4 Å². The smallest absolute Gasteiger partial charge is 0.266 e. The highest BCUT2D eigenvalue weighted by molar-refractivity contribution is 5.98. The van der Waals surface area contributed by atoms with E-state index >= 15 is 0 Å². The summed E-state index contributed by atoms with van der Waals surface area (Å²) in [6.45, 7) is 5.01. The zero-order chi connectivity index (χ0) is 19.6. The van der Waals surface area contributed by atoms with Crippen LogP contribution in [0.2, 0.25) is 0 Å². The highest BCUT2D eigenvalue weighted by atomic mass is 16.5. The number of nitrogens with zero attached hydrogens (tertiary/aromatic N) is 2. The Morgan fingerprint density at radius 2 is 1.85 bits per heavy atom. The van der Waals surface area contributed by atoms with Crippen LogP contribution in [0.1, 0.15) is 55.5 Å². The lowest BCUT2D eigenvalue weighted by Crippen LogP contribution is -2.50. The maximum absolute atomic E-state index is 12.8. The van der Waals surface area contributed by atoms with Gasteiger partial charge in [0.1, 0.15) is 5.75 Å². The van der Waals surface area contributed by atoms with Crippen molar-refractivity contribution >= 4 is 17.6 Å². The summed E-state index contributed by atoms with van der Waals surface area (Å²) in [6, 6.07) is 5.39. The Hall–Kier alpha value is -2.37. The summed E-state index contributed by atoms with van der Waals surface area (Å²) < 4.78 is 5.97. The molecule has 1 aromatic rings. The molecule has 0 atom stereocenters. The number of hydrogen-bond acceptors (Lipinski definition) is 4. The van der Waals surface area contributed by atoms with Crippen LogP contribution in [0.5, 0.6) is 5.75 Å². The lowest BCUT2D eigenvalue weighted by Gasteiger charge is -2.31. The molecule has 146 valence electrons. The van der Waals surface area contributed by atoms with Gasteiger partial charge in [0, 0.05) is 32.1 Å². The predicted molar refractivity (Wildman–Crippen MR) is 102 cm³/mol. The molecular weight excluding hydrogens is 344 g/mol. The van der Waals surface area contributed by atoms with E-state index in [0.717, 1.165) is 49.9 Å². The molecule has 2 aliphatic rings. The number of benzene rings is 1. The summed E-state index contributed by atoms with van der Waals surface area (Å²) in [5, 5.41) is 0. The average Bonchev–Trinajstić information content (AvgIpc) is 3.15. The van der Waals surface area contributed by atoms with Gasteiger partial charge < -0.3 is 14.5 Å². The van der Waals surface area contributed by atoms with E-state index in [0.29, 0.717) is 12.2 Å². The van der Waals surface area contributed by atoms with E-state index in [-0.39, 0.29) is 24.1 Å². The van der Waals surface area contributed by atoms with Gasteiger partial charge in [-0.1, -0.05) is 0 Å². The second kappa shape index (κ2) is 7.71. The number of likely N-dealkylation sites (tertiary alicyclic amines) is 1. The van der Waals surface area contributed by atoms with Crippen molar-refractivity contribution in [2.24, 2.45) is 0 Å². The van der Waals surface area contributed by atoms with Crippen molar-refractivity contribution in [2.45, 2.75) is 51.6 Å². The van der Waals surface area contributed by atoms with Gasteiger partial charge in [-0.2, -0.15) is 0 Å². The van der Waals surface area contributed by atoms with Crippen molar-refractivity contribution in [1.82, 2.24) is 9.80 Å². The Morgan fingerprint density at radius 3 is 2.56 bits per heavy atom. The van der Waals surface area contributed by atoms with E-state index in [2.05, 4.69) is 0 Å². The highest BCUT2D eigenvalue weighted by Gasteiger charge is 2.34. The number of likely N-dealkylation sites (N-methyl/N-ethyl adjacent to an activating group) is 1. The molecule has 0 aromatic heterocycles. The second-order valence-corrected chi connectivity index (χ2v) is 7.96.